The lowest BCUT2D eigenvalue weighted by molar-refractivity contribution is 0.101. The van der Waals surface area contributed by atoms with E-state index < -0.39 is 0 Å². The van der Waals surface area contributed by atoms with Gasteiger partial charge in [0.1, 0.15) is 5.02 Å². The zero-order chi connectivity index (χ0) is 18.6. The van der Waals surface area contributed by atoms with Gasteiger partial charge in [0.05, 0.1) is 6.20 Å². The van der Waals surface area contributed by atoms with Gasteiger partial charge in [-0.05, 0) is 60.3 Å². The smallest absolute Gasteiger partial charge is 0.229 e. The normalized spacial score (nSPS) is 10.8. The maximum atomic E-state index is 11.8. The number of rotatable bonds is 7. The Morgan fingerprint density at radius 1 is 1.32 bits per heavy atom. The first-order chi connectivity index (χ1) is 11.8. The second kappa shape index (κ2) is 8.63. The molecule has 5 nitrogen and oxygen atoms in total. The second-order valence-corrected chi connectivity index (χ2v) is 7.08. The van der Waals surface area contributed by atoms with Gasteiger partial charge in [0.25, 0.3) is 0 Å². The van der Waals surface area contributed by atoms with Gasteiger partial charge in [0, 0.05) is 21.8 Å². The van der Waals surface area contributed by atoms with E-state index in [-0.39, 0.29) is 5.78 Å². The number of carbonyl (C=O) groups excluding carboxylic acids is 1. The lowest BCUT2D eigenvalue weighted by Crippen LogP contribution is -2.18. The van der Waals surface area contributed by atoms with Crippen LogP contribution in [0.3, 0.4) is 0 Å². The van der Waals surface area contributed by atoms with E-state index in [2.05, 4.69) is 50.4 Å². The van der Waals surface area contributed by atoms with Crippen molar-refractivity contribution in [1.29, 1.82) is 0 Å². The Morgan fingerprint density at radius 2 is 2.00 bits per heavy atom. The number of halogens is 2. The predicted molar refractivity (Wildman–Crippen MR) is 107 cm³/mol. The van der Waals surface area contributed by atoms with Crippen LogP contribution in [0.2, 0.25) is 5.02 Å². The van der Waals surface area contributed by atoms with Gasteiger partial charge < -0.3 is 10.6 Å². The van der Waals surface area contributed by atoms with E-state index in [1.807, 2.05) is 13.0 Å². The highest BCUT2D eigenvalue weighted by Gasteiger charge is 2.13. The minimum Gasteiger partial charge on any atom is -0.366 e. The molecule has 7 heteroatoms. The molecule has 2 aromatic rings. The van der Waals surface area contributed by atoms with Crippen molar-refractivity contribution in [1.82, 2.24) is 9.97 Å². The molecule has 2 N–H and O–H groups in total. The van der Waals surface area contributed by atoms with Crippen LogP contribution < -0.4 is 10.6 Å². The third-order valence-corrected chi connectivity index (χ3v) is 5.29. The summed E-state index contributed by atoms with van der Waals surface area (Å²) in [6.07, 6.45) is 3.53. The fourth-order valence-corrected chi connectivity index (χ4v) is 3.10. The summed E-state index contributed by atoms with van der Waals surface area (Å²) >= 11 is 9.66. The molecule has 0 saturated heterocycles. The van der Waals surface area contributed by atoms with Gasteiger partial charge in [-0.2, -0.15) is 4.98 Å². The van der Waals surface area contributed by atoms with Crippen LogP contribution in [0.4, 0.5) is 17.5 Å². The van der Waals surface area contributed by atoms with Crippen LogP contribution in [0.1, 0.15) is 49.5 Å². The van der Waals surface area contributed by atoms with E-state index in [0.717, 1.165) is 28.6 Å². The average molecular weight is 426 g/mol. The van der Waals surface area contributed by atoms with Crippen LogP contribution in [0, 0.1) is 6.92 Å². The number of hydrogen-bond donors (Lipinski definition) is 2. The number of nitrogens with zero attached hydrogens (tertiary/aromatic N) is 2. The van der Waals surface area contributed by atoms with Crippen molar-refractivity contribution in [2.24, 2.45) is 0 Å². The Hall–Kier alpha value is -1.66. The van der Waals surface area contributed by atoms with Gasteiger partial charge in [0.2, 0.25) is 5.95 Å². The molecule has 1 heterocycles. The molecule has 2 rings (SSSR count). The van der Waals surface area contributed by atoms with Gasteiger partial charge in [-0.25, -0.2) is 4.98 Å². The molecule has 134 valence electrons. The number of Topliss-reactive ketones (excluding diaryl/α,β-unsaturated/α-hetero) is 1. The number of nitrogens with one attached hydrogen (secondary N) is 2. The van der Waals surface area contributed by atoms with Gasteiger partial charge in [-0.1, -0.05) is 25.4 Å². The van der Waals surface area contributed by atoms with Gasteiger partial charge in [-0.15, -0.1) is 0 Å². The minimum atomic E-state index is -0.00765. The molecule has 0 aliphatic heterocycles. The fraction of sp³-hybridized carbons (Fsp3) is 0.389. The number of aromatic nitrogens is 2. The summed E-state index contributed by atoms with van der Waals surface area (Å²) in [5, 5.41) is 6.97. The number of ketones is 1. The lowest BCUT2D eigenvalue weighted by Gasteiger charge is -2.17. The summed E-state index contributed by atoms with van der Waals surface area (Å²) in [6.45, 7) is 7.71. The summed E-state index contributed by atoms with van der Waals surface area (Å²) in [5.74, 6) is 1.02. The lowest BCUT2D eigenvalue weighted by atomic mass is 10.1. The molecule has 0 unspecified atom stereocenters. The van der Waals surface area contributed by atoms with E-state index >= 15 is 0 Å². The molecule has 25 heavy (non-hydrogen) atoms. The van der Waals surface area contributed by atoms with Crippen molar-refractivity contribution >= 4 is 50.8 Å². The van der Waals surface area contributed by atoms with E-state index in [0.29, 0.717) is 28.4 Å². The number of benzene rings is 1. The fourth-order valence-electron chi connectivity index (χ4n) is 2.44. The highest BCUT2D eigenvalue weighted by Crippen LogP contribution is 2.28. The molecule has 0 spiro atoms. The van der Waals surface area contributed by atoms with Gasteiger partial charge in [-0.3, -0.25) is 4.79 Å². The largest absolute Gasteiger partial charge is 0.366 e. The third-order valence-electron chi connectivity index (χ3n) is 3.96. The molecule has 1 aromatic heterocycles. The number of hydrogen-bond acceptors (Lipinski definition) is 5. The first-order valence-electron chi connectivity index (χ1n) is 8.22. The van der Waals surface area contributed by atoms with Crippen molar-refractivity contribution in [2.75, 3.05) is 10.6 Å². The first-order valence-corrected chi connectivity index (χ1v) is 9.39. The van der Waals surface area contributed by atoms with Crippen molar-refractivity contribution in [2.45, 2.75) is 46.6 Å². The molecule has 0 bridgehead atoms. The van der Waals surface area contributed by atoms with Crippen LogP contribution in [0.25, 0.3) is 0 Å². The van der Waals surface area contributed by atoms with E-state index in [4.69, 9.17) is 11.6 Å². The van der Waals surface area contributed by atoms with E-state index in [1.54, 1.807) is 19.2 Å². The summed E-state index contributed by atoms with van der Waals surface area (Å²) in [7, 11) is 0. The summed E-state index contributed by atoms with van der Waals surface area (Å²) in [4.78, 5) is 20.5. The van der Waals surface area contributed by atoms with Crippen LogP contribution in [0.15, 0.2) is 22.8 Å². The van der Waals surface area contributed by atoms with Crippen molar-refractivity contribution in [3.63, 3.8) is 0 Å². The molecular formula is C18H22BrClN4O. The Labute approximate surface area is 161 Å². The minimum absolute atomic E-state index is 0.00765. The molecule has 0 amide bonds. The van der Waals surface area contributed by atoms with Gasteiger partial charge in [0.15, 0.2) is 11.6 Å². The molecular weight excluding hydrogens is 404 g/mol. The summed E-state index contributed by atoms with van der Waals surface area (Å²) in [6, 6.07) is 4.02. The van der Waals surface area contributed by atoms with E-state index in [9.17, 15) is 4.79 Å². The number of aryl methyl sites for hydroxylation is 1. The van der Waals surface area contributed by atoms with Crippen LogP contribution >= 0.6 is 27.5 Å². The Balaban J connectivity index is 2.30. The quantitative estimate of drug-likeness (QED) is 0.553. The predicted octanol–water partition coefficient (Wildman–Crippen LogP) is 5.75. The third kappa shape index (κ3) is 4.92. The monoisotopic (exact) mass is 424 g/mol. The average Bonchev–Trinajstić information content (AvgIpc) is 2.58. The highest BCUT2D eigenvalue weighted by molar-refractivity contribution is 9.10. The zero-order valence-electron chi connectivity index (χ0n) is 14.8. The molecule has 0 saturated carbocycles. The zero-order valence-corrected chi connectivity index (χ0v) is 17.1. The molecule has 0 fully saturated rings. The standard InChI is InChI=1S/C18H22BrClN4O/c1-5-12(6-2)22-17-15(20)9-21-18(24-17)23-13-7-10(3)16(19)14(8-13)11(4)25/h7-9,12H,5-6H2,1-4H3,(H2,21,22,23,24). The number of anilines is 3. The Kier molecular flexibility index (Phi) is 6.79. The molecule has 0 aliphatic carbocycles. The Bertz CT molecular complexity index is 778. The van der Waals surface area contributed by atoms with Crippen molar-refractivity contribution in [3.8, 4) is 0 Å². The molecule has 0 radical (unpaired) electrons. The SMILES string of the molecule is CCC(CC)Nc1nc(Nc2cc(C)c(Br)c(C(C)=O)c2)ncc1Cl. The number of carbonyl (C=O) groups is 1. The van der Waals surface area contributed by atoms with Gasteiger partial charge >= 0.3 is 0 Å². The van der Waals surface area contributed by atoms with Crippen LogP contribution in [0.5, 0.6) is 0 Å². The van der Waals surface area contributed by atoms with Crippen LogP contribution in [-0.4, -0.2) is 21.8 Å². The first kappa shape index (κ1) is 19.7. The Morgan fingerprint density at radius 3 is 2.60 bits per heavy atom. The summed E-state index contributed by atoms with van der Waals surface area (Å²) in [5.41, 5.74) is 2.33. The highest BCUT2D eigenvalue weighted by atomic mass is 79.9. The second-order valence-electron chi connectivity index (χ2n) is 5.88. The van der Waals surface area contributed by atoms with E-state index in [1.165, 1.54) is 0 Å². The van der Waals surface area contributed by atoms with Crippen molar-refractivity contribution in [3.05, 3.63) is 39.0 Å². The maximum absolute atomic E-state index is 11.8. The molecule has 1 aromatic carbocycles. The topological polar surface area (TPSA) is 66.9 Å². The molecule has 0 aliphatic rings. The van der Waals surface area contributed by atoms with Crippen molar-refractivity contribution < 1.29 is 4.79 Å². The van der Waals surface area contributed by atoms with Crippen LogP contribution in [-0.2, 0) is 0 Å². The molecule has 0 atom stereocenters. The maximum Gasteiger partial charge on any atom is 0.229 e. The summed E-state index contributed by atoms with van der Waals surface area (Å²) < 4.78 is 0.804.